The van der Waals surface area contributed by atoms with Gasteiger partial charge in [0.1, 0.15) is 5.15 Å². The molecule has 0 saturated carbocycles. The highest BCUT2D eigenvalue weighted by Gasteiger charge is 2.33. The van der Waals surface area contributed by atoms with Gasteiger partial charge in [-0.25, -0.2) is 4.98 Å². The predicted octanol–water partition coefficient (Wildman–Crippen LogP) is 5.03. The van der Waals surface area contributed by atoms with Crippen molar-refractivity contribution in [2.45, 2.75) is 25.9 Å². The largest absolute Gasteiger partial charge is 0.417 e. The summed E-state index contributed by atoms with van der Waals surface area (Å²) in [4.78, 5) is 3.95. The number of nitrogens with zero attached hydrogens (tertiary/aromatic N) is 1. The van der Waals surface area contributed by atoms with Crippen LogP contribution in [0.2, 0.25) is 5.15 Å². The van der Waals surface area contributed by atoms with E-state index in [0.717, 1.165) is 6.07 Å². The number of aromatic nitrogens is 1. The van der Waals surface area contributed by atoms with Gasteiger partial charge in [-0.3, -0.25) is 0 Å². The zero-order valence-electron chi connectivity index (χ0n) is 9.85. The average molecular weight is 274 g/mol. The summed E-state index contributed by atoms with van der Waals surface area (Å²) in [7, 11) is 0. The summed E-state index contributed by atoms with van der Waals surface area (Å²) >= 11 is 5.88. The van der Waals surface area contributed by atoms with Crippen molar-refractivity contribution in [1.82, 2.24) is 4.98 Å². The molecule has 1 aromatic heterocycles. The number of alkyl halides is 3. The highest BCUT2D eigenvalue weighted by molar-refractivity contribution is 6.34. The van der Waals surface area contributed by atoms with E-state index < -0.39 is 11.7 Å². The van der Waals surface area contributed by atoms with Crippen LogP contribution in [0.3, 0.4) is 0 Å². The van der Waals surface area contributed by atoms with E-state index in [-0.39, 0.29) is 16.5 Å². The molecular formula is C13H11ClF3N. The van der Waals surface area contributed by atoms with Crippen molar-refractivity contribution in [3.8, 4) is 0 Å². The van der Waals surface area contributed by atoms with Gasteiger partial charge in [-0.2, -0.15) is 13.2 Å². The number of rotatable bonds is 1. The van der Waals surface area contributed by atoms with Gasteiger partial charge in [-0.1, -0.05) is 37.6 Å². The van der Waals surface area contributed by atoms with Crippen molar-refractivity contribution in [2.24, 2.45) is 0 Å². The third-order valence-corrected chi connectivity index (χ3v) is 3.12. The SMILES string of the molecule is CC(C)c1cnc(Cl)c2cccc(C(F)(F)F)c12. The van der Waals surface area contributed by atoms with Gasteiger partial charge in [0.05, 0.1) is 5.56 Å². The molecule has 0 atom stereocenters. The molecule has 0 spiro atoms. The first kappa shape index (κ1) is 13.1. The highest BCUT2D eigenvalue weighted by atomic mass is 35.5. The molecule has 96 valence electrons. The summed E-state index contributed by atoms with van der Waals surface area (Å²) < 4.78 is 39.1. The maximum Gasteiger partial charge on any atom is 0.417 e. The van der Waals surface area contributed by atoms with E-state index in [0.29, 0.717) is 10.9 Å². The highest BCUT2D eigenvalue weighted by Crippen LogP contribution is 2.39. The Balaban J connectivity index is 2.93. The molecule has 0 fully saturated rings. The van der Waals surface area contributed by atoms with E-state index in [1.165, 1.54) is 12.3 Å². The van der Waals surface area contributed by atoms with E-state index >= 15 is 0 Å². The van der Waals surface area contributed by atoms with E-state index in [4.69, 9.17) is 11.6 Å². The van der Waals surface area contributed by atoms with Crippen LogP contribution in [-0.4, -0.2) is 4.98 Å². The molecule has 0 bridgehead atoms. The van der Waals surface area contributed by atoms with Gasteiger partial charge >= 0.3 is 6.18 Å². The Morgan fingerprint density at radius 1 is 1.22 bits per heavy atom. The van der Waals surface area contributed by atoms with Crippen LogP contribution in [0.1, 0.15) is 30.9 Å². The summed E-state index contributed by atoms with van der Waals surface area (Å²) in [5.41, 5.74) is -0.102. The lowest BCUT2D eigenvalue weighted by molar-refractivity contribution is -0.136. The molecule has 1 aromatic carbocycles. The Bertz CT molecular complexity index is 591. The van der Waals surface area contributed by atoms with Gasteiger partial charge < -0.3 is 0 Å². The van der Waals surface area contributed by atoms with Crippen LogP contribution in [0, 0.1) is 0 Å². The van der Waals surface area contributed by atoms with Crippen LogP contribution in [-0.2, 0) is 6.18 Å². The second-order valence-corrected chi connectivity index (χ2v) is 4.74. The molecule has 0 aliphatic rings. The number of hydrogen-bond donors (Lipinski definition) is 0. The van der Waals surface area contributed by atoms with Gasteiger partial charge in [-0.15, -0.1) is 0 Å². The average Bonchev–Trinajstić information content (AvgIpc) is 2.27. The minimum atomic E-state index is -4.40. The van der Waals surface area contributed by atoms with E-state index in [2.05, 4.69) is 4.98 Å². The second-order valence-electron chi connectivity index (χ2n) is 4.38. The number of halogens is 4. The van der Waals surface area contributed by atoms with Crippen LogP contribution in [0.25, 0.3) is 10.8 Å². The van der Waals surface area contributed by atoms with Crippen molar-refractivity contribution in [3.63, 3.8) is 0 Å². The van der Waals surface area contributed by atoms with Crippen LogP contribution in [0.15, 0.2) is 24.4 Å². The van der Waals surface area contributed by atoms with Gasteiger partial charge in [0.15, 0.2) is 0 Å². The molecule has 0 N–H and O–H groups in total. The molecular weight excluding hydrogens is 263 g/mol. The molecule has 1 nitrogen and oxygen atoms in total. The molecule has 0 amide bonds. The van der Waals surface area contributed by atoms with Crippen molar-refractivity contribution < 1.29 is 13.2 Å². The number of hydrogen-bond acceptors (Lipinski definition) is 1. The van der Waals surface area contributed by atoms with Gasteiger partial charge in [0.25, 0.3) is 0 Å². The van der Waals surface area contributed by atoms with E-state index in [1.807, 2.05) is 13.8 Å². The predicted molar refractivity (Wildman–Crippen MR) is 65.8 cm³/mol. The molecule has 2 aromatic rings. The summed E-state index contributed by atoms with van der Waals surface area (Å²) in [5, 5.41) is 0.596. The van der Waals surface area contributed by atoms with Gasteiger partial charge in [-0.05, 0) is 17.5 Å². The lowest BCUT2D eigenvalue weighted by Gasteiger charge is -2.16. The summed E-state index contributed by atoms with van der Waals surface area (Å²) in [6, 6.07) is 3.99. The quantitative estimate of drug-likeness (QED) is 0.664. The van der Waals surface area contributed by atoms with Crippen LogP contribution < -0.4 is 0 Å². The lowest BCUT2D eigenvalue weighted by Crippen LogP contribution is -2.08. The molecule has 0 saturated heterocycles. The molecule has 0 unspecified atom stereocenters. The zero-order valence-corrected chi connectivity index (χ0v) is 10.6. The standard InChI is InChI=1S/C13H11ClF3N/c1-7(2)9-6-18-12(14)8-4-3-5-10(11(8)9)13(15,16)17/h3-7H,1-2H3. The number of pyridine rings is 1. The Morgan fingerprint density at radius 3 is 2.44 bits per heavy atom. The monoisotopic (exact) mass is 273 g/mol. The smallest absolute Gasteiger partial charge is 0.244 e. The molecule has 1 heterocycles. The topological polar surface area (TPSA) is 12.9 Å². The normalized spacial score (nSPS) is 12.4. The Kier molecular flexibility index (Phi) is 3.23. The first-order chi connectivity index (χ1) is 8.32. The summed E-state index contributed by atoms with van der Waals surface area (Å²) in [6.45, 7) is 3.66. The molecule has 5 heteroatoms. The van der Waals surface area contributed by atoms with Crippen LogP contribution >= 0.6 is 11.6 Å². The Morgan fingerprint density at radius 2 is 1.89 bits per heavy atom. The minimum Gasteiger partial charge on any atom is -0.244 e. The van der Waals surface area contributed by atoms with E-state index in [1.54, 1.807) is 6.07 Å². The fourth-order valence-electron chi connectivity index (χ4n) is 1.97. The summed E-state index contributed by atoms with van der Waals surface area (Å²) in [6.07, 6.45) is -2.97. The Hall–Kier alpha value is -1.29. The van der Waals surface area contributed by atoms with Crippen molar-refractivity contribution in [3.05, 3.63) is 40.7 Å². The van der Waals surface area contributed by atoms with Gasteiger partial charge in [0.2, 0.25) is 0 Å². The molecule has 18 heavy (non-hydrogen) atoms. The van der Waals surface area contributed by atoms with E-state index in [9.17, 15) is 13.2 Å². The second kappa shape index (κ2) is 4.43. The van der Waals surface area contributed by atoms with Gasteiger partial charge in [0, 0.05) is 17.0 Å². The lowest BCUT2D eigenvalue weighted by atomic mass is 9.95. The maximum atomic E-state index is 13.0. The number of benzene rings is 1. The van der Waals surface area contributed by atoms with Crippen LogP contribution in [0.4, 0.5) is 13.2 Å². The fourth-order valence-corrected chi connectivity index (χ4v) is 2.18. The van der Waals surface area contributed by atoms with Crippen molar-refractivity contribution in [2.75, 3.05) is 0 Å². The molecule has 0 aliphatic heterocycles. The third-order valence-electron chi connectivity index (χ3n) is 2.82. The maximum absolute atomic E-state index is 13.0. The van der Waals surface area contributed by atoms with Crippen molar-refractivity contribution in [1.29, 1.82) is 0 Å². The molecule has 2 rings (SSSR count). The fraction of sp³-hybridized carbons (Fsp3) is 0.308. The van der Waals surface area contributed by atoms with Crippen molar-refractivity contribution >= 4 is 22.4 Å². The van der Waals surface area contributed by atoms with Crippen LogP contribution in [0.5, 0.6) is 0 Å². The third kappa shape index (κ3) is 2.17. The minimum absolute atomic E-state index is 0.0548. The molecule has 0 radical (unpaired) electrons. The first-order valence-electron chi connectivity index (χ1n) is 5.46. The Labute approximate surface area is 108 Å². The number of fused-ring (bicyclic) bond motifs is 1. The summed E-state index contributed by atoms with van der Waals surface area (Å²) in [5.74, 6) is -0.0548. The molecule has 0 aliphatic carbocycles. The zero-order chi connectivity index (χ0) is 13.5. The first-order valence-corrected chi connectivity index (χ1v) is 5.84.